The minimum Gasteiger partial charge on any atom is -0.457 e. The number of epoxide rings is 1. The minimum absolute atomic E-state index is 0.00290. The standard InChI is InChI=1S/C41H68N2O9/c1-8-33(45)30(4)38-34(50-38)27-40(5,48)20-12-14-28(2)37-29(3)17-18-35(41(6,49-7)21-19-32(44)26-36(46)52-37)51-39(47)43-23-13-22-42(24-25-43)31-15-10-9-11-16-31/h12,14,17-18,20,29-35,37-38,44-45,48H,8-11,13,15-16,19,21-27H2,1-7H3/b18-17+,20-12+,28-14+. The van der Waals surface area contributed by atoms with Gasteiger partial charge in [0.25, 0.3) is 0 Å². The first kappa shape index (κ1) is 42.5. The maximum absolute atomic E-state index is 13.7. The Balaban J connectivity index is 1.46. The van der Waals surface area contributed by atoms with Gasteiger partial charge in [-0.15, -0.1) is 0 Å². The molecule has 10 unspecified atom stereocenters. The summed E-state index contributed by atoms with van der Waals surface area (Å²) in [5.41, 5.74) is -1.34. The van der Waals surface area contributed by atoms with Crippen LogP contribution in [0.25, 0.3) is 0 Å². The van der Waals surface area contributed by atoms with Crippen LogP contribution in [0.5, 0.6) is 0 Å². The summed E-state index contributed by atoms with van der Waals surface area (Å²) < 4.78 is 24.0. The number of hydrogen-bond donors (Lipinski definition) is 3. The van der Waals surface area contributed by atoms with E-state index in [-0.39, 0.29) is 43.0 Å². The van der Waals surface area contributed by atoms with Crippen LogP contribution in [0.2, 0.25) is 0 Å². The van der Waals surface area contributed by atoms with Gasteiger partial charge in [-0.05, 0) is 70.9 Å². The number of carbonyl (C=O) groups is 2. The van der Waals surface area contributed by atoms with Gasteiger partial charge in [-0.2, -0.15) is 0 Å². The molecule has 1 amide bonds. The van der Waals surface area contributed by atoms with Crippen LogP contribution in [0.1, 0.15) is 112 Å². The number of allylic oxidation sites excluding steroid dienone is 2. The van der Waals surface area contributed by atoms with E-state index in [1.165, 1.54) is 32.1 Å². The van der Waals surface area contributed by atoms with Crippen LogP contribution in [-0.4, -0.2) is 124 Å². The fourth-order valence-electron chi connectivity index (χ4n) is 8.12. The molecule has 2 saturated heterocycles. The van der Waals surface area contributed by atoms with Crippen molar-refractivity contribution >= 4 is 12.1 Å². The highest BCUT2D eigenvalue weighted by atomic mass is 16.6. The molecule has 11 heteroatoms. The molecule has 0 bridgehead atoms. The van der Waals surface area contributed by atoms with Crippen molar-refractivity contribution in [2.75, 3.05) is 33.3 Å². The number of methoxy groups -OCH3 is 1. The number of amides is 1. The van der Waals surface area contributed by atoms with E-state index in [9.17, 15) is 24.9 Å². The molecular weight excluding hydrogens is 664 g/mol. The van der Waals surface area contributed by atoms with Crippen molar-refractivity contribution < 1.29 is 43.9 Å². The molecule has 3 aliphatic heterocycles. The maximum Gasteiger partial charge on any atom is 0.410 e. The summed E-state index contributed by atoms with van der Waals surface area (Å²) in [6.45, 7) is 14.4. The Morgan fingerprint density at radius 2 is 1.87 bits per heavy atom. The predicted molar refractivity (Wildman–Crippen MR) is 201 cm³/mol. The van der Waals surface area contributed by atoms with Gasteiger partial charge >= 0.3 is 12.1 Å². The average molecular weight is 733 g/mol. The highest BCUT2D eigenvalue weighted by Crippen LogP contribution is 2.38. The normalized spacial score (nSPS) is 35.0. The van der Waals surface area contributed by atoms with Gasteiger partial charge in [-0.1, -0.05) is 64.3 Å². The van der Waals surface area contributed by atoms with Crippen molar-refractivity contribution in [1.29, 1.82) is 0 Å². The third-order valence-corrected chi connectivity index (χ3v) is 11.9. The van der Waals surface area contributed by atoms with E-state index in [4.69, 9.17) is 18.9 Å². The number of esters is 1. The average Bonchev–Trinajstić information content (AvgIpc) is 3.92. The number of aliphatic hydroxyl groups is 3. The summed E-state index contributed by atoms with van der Waals surface area (Å²) >= 11 is 0. The van der Waals surface area contributed by atoms with E-state index in [0.29, 0.717) is 38.4 Å². The van der Waals surface area contributed by atoms with Crippen LogP contribution < -0.4 is 0 Å². The van der Waals surface area contributed by atoms with Crippen molar-refractivity contribution in [3.05, 3.63) is 36.0 Å². The van der Waals surface area contributed by atoms with Crippen LogP contribution >= 0.6 is 0 Å². The van der Waals surface area contributed by atoms with Crippen molar-refractivity contribution in [2.45, 2.75) is 166 Å². The zero-order valence-electron chi connectivity index (χ0n) is 32.9. The Bertz CT molecular complexity index is 1250. The first-order chi connectivity index (χ1) is 24.7. The number of cyclic esters (lactones) is 1. The van der Waals surface area contributed by atoms with E-state index < -0.39 is 41.6 Å². The smallest absolute Gasteiger partial charge is 0.410 e. The van der Waals surface area contributed by atoms with Gasteiger partial charge in [0.1, 0.15) is 11.7 Å². The largest absolute Gasteiger partial charge is 0.457 e. The van der Waals surface area contributed by atoms with Crippen molar-refractivity contribution in [1.82, 2.24) is 9.80 Å². The van der Waals surface area contributed by atoms with E-state index >= 15 is 0 Å². The van der Waals surface area contributed by atoms with E-state index in [1.54, 1.807) is 26.2 Å². The van der Waals surface area contributed by atoms with Crippen molar-refractivity contribution in [3.63, 3.8) is 0 Å². The molecule has 11 nitrogen and oxygen atoms in total. The Morgan fingerprint density at radius 1 is 1.13 bits per heavy atom. The lowest BCUT2D eigenvalue weighted by Gasteiger charge is -2.37. The molecule has 0 aromatic rings. The number of carbonyl (C=O) groups excluding carboxylic acids is 2. The number of nitrogens with zero attached hydrogens (tertiary/aromatic N) is 2. The third kappa shape index (κ3) is 12.1. The van der Waals surface area contributed by atoms with Crippen LogP contribution in [0, 0.1) is 11.8 Å². The molecule has 3 fully saturated rings. The van der Waals surface area contributed by atoms with Gasteiger partial charge < -0.3 is 39.2 Å². The monoisotopic (exact) mass is 732 g/mol. The Labute approximate surface area is 312 Å². The van der Waals surface area contributed by atoms with Gasteiger partial charge in [-0.25, -0.2) is 4.79 Å². The Morgan fingerprint density at radius 3 is 2.56 bits per heavy atom. The Hall–Kier alpha value is -2.28. The lowest BCUT2D eigenvalue weighted by molar-refractivity contribution is -0.151. The molecule has 3 N–H and O–H groups in total. The fraction of sp³-hybridized carbons (Fsp3) is 0.805. The van der Waals surface area contributed by atoms with Crippen LogP contribution in [-0.2, 0) is 23.7 Å². The molecule has 0 radical (unpaired) electrons. The molecule has 10 atom stereocenters. The highest BCUT2D eigenvalue weighted by Gasteiger charge is 2.47. The number of hydrogen-bond acceptors (Lipinski definition) is 10. The van der Waals surface area contributed by atoms with Crippen molar-refractivity contribution in [2.24, 2.45) is 11.8 Å². The zero-order valence-corrected chi connectivity index (χ0v) is 32.9. The molecule has 4 rings (SSSR count). The van der Waals surface area contributed by atoms with Gasteiger partial charge in [0.05, 0.1) is 36.4 Å². The summed E-state index contributed by atoms with van der Waals surface area (Å²) in [7, 11) is 1.58. The fourth-order valence-corrected chi connectivity index (χ4v) is 8.12. The first-order valence-corrected chi connectivity index (χ1v) is 19.9. The van der Waals surface area contributed by atoms with Crippen LogP contribution in [0.15, 0.2) is 36.0 Å². The maximum atomic E-state index is 13.7. The number of aliphatic hydroxyl groups excluding tert-OH is 2. The molecule has 0 aromatic carbocycles. The van der Waals surface area contributed by atoms with Crippen LogP contribution in [0.3, 0.4) is 0 Å². The Kier molecular flexibility index (Phi) is 15.8. The SMILES string of the molecule is CCC(O)C(C)C1OC1CC(C)(O)/C=C/C=C(\C)C1OC(=O)CC(O)CCC(C)(OC)C(OC(=O)N2CCCN(C3CCCCC3)CC2)/C=C/C1C. The molecule has 0 aromatic heterocycles. The van der Waals surface area contributed by atoms with E-state index in [0.717, 1.165) is 25.1 Å². The number of ether oxygens (including phenoxy) is 4. The quantitative estimate of drug-likeness (QED) is 0.105. The predicted octanol–water partition coefficient (Wildman–Crippen LogP) is 5.70. The van der Waals surface area contributed by atoms with Gasteiger partial charge in [0.15, 0.2) is 6.10 Å². The van der Waals surface area contributed by atoms with Crippen LogP contribution in [0.4, 0.5) is 4.79 Å². The van der Waals surface area contributed by atoms with Gasteiger partial charge in [0.2, 0.25) is 0 Å². The minimum atomic E-state index is -1.14. The summed E-state index contributed by atoms with van der Waals surface area (Å²) in [5, 5.41) is 32.1. The molecule has 1 aliphatic carbocycles. The summed E-state index contributed by atoms with van der Waals surface area (Å²) in [6, 6.07) is 0.604. The lowest BCUT2D eigenvalue weighted by atomic mass is 9.88. The molecule has 3 heterocycles. The van der Waals surface area contributed by atoms with E-state index in [1.807, 2.05) is 57.7 Å². The second-order valence-corrected chi connectivity index (χ2v) is 16.3. The molecule has 1 saturated carbocycles. The first-order valence-electron chi connectivity index (χ1n) is 19.9. The lowest BCUT2D eigenvalue weighted by Crippen LogP contribution is -2.47. The summed E-state index contributed by atoms with van der Waals surface area (Å²) in [4.78, 5) is 31.1. The molecule has 52 heavy (non-hydrogen) atoms. The molecular formula is C41H68N2O9. The molecule has 4 aliphatic rings. The topological polar surface area (TPSA) is 142 Å². The van der Waals surface area contributed by atoms with E-state index in [2.05, 4.69) is 4.90 Å². The summed E-state index contributed by atoms with van der Waals surface area (Å²) in [5.74, 6) is -0.827. The van der Waals surface area contributed by atoms with Gasteiger partial charge in [0, 0.05) is 57.6 Å². The third-order valence-electron chi connectivity index (χ3n) is 11.9. The zero-order chi connectivity index (χ0) is 38.1. The molecule has 0 spiro atoms. The summed E-state index contributed by atoms with van der Waals surface area (Å²) in [6.07, 6.45) is 14.4. The van der Waals surface area contributed by atoms with Crippen molar-refractivity contribution in [3.8, 4) is 0 Å². The second-order valence-electron chi connectivity index (χ2n) is 16.3. The highest BCUT2D eigenvalue weighted by molar-refractivity contribution is 5.70. The number of rotatable bonds is 11. The molecule has 296 valence electrons. The van der Waals surface area contributed by atoms with Gasteiger partial charge in [-0.3, -0.25) is 9.69 Å². The second kappa shape index (κ2) is 19.4.